The summed E-state index contributed by atoms with van der Waals surface area (Å²) in [5.74, 6) is -1.19. The average Bonchev–Trinajstić information content (AvgIpc) is 2.73. The summed E-state index contributed by atoms with van der Waals surface area (Å²) in [4.78, 5) is 49.2. The molecule has 3 amide bonds. The third kappa shape index (κ3) is 5.72. The Labute approximate surface area is 184 Å². The Balaban J connectivity index is 1.75. The van der Waals surface area contributed by atoms with Crippen LogP contribution in [-0.4, -0.2) is 46.8 Å². The van der Waals surface area contributed by atoms with E-state index in [1.165, 1.54) is 24.2 Å². The summed E-state index contributed by atoms with van der Waals surface area (Å²) in [6.07, 6.45) is 2.09. The minimum Gasteiger partial charge on any atom is -0.481 e. The second-order valence-electron chi connectivity index (χ2n) is 7.36. The summed E-state index contributed by atoms with van der Waals surface area (Å²) in [5.41, 5.74) is 1.51. The molecule has 0 aromatic heterocycles. The Morgan fingerprint density at radius 2 is 1.81 bits per heavy atom. The maximum Gasteiger partial charge on any atom is 0.316 e. The molecule has 166 valence electrons. The van der Waals surface area contributed by atoms with Crippen LogP contribution < -0.4 is 15.4 Å². The Morgan fingerprint density at radius 1 is 1.12 bits per heavy atom. The molecule has 3 rings (SSSR count). The first-order valence-electron chi connectivity index (χ1n) is 9.85. The van der Waals surface area contributed by atoms with E-state index in [0.717, 1.165) is 5.56 Å². The van der Waals surface area contributed by atoms with Gasteiger partial charge in [-0.25, -0.2) is 4.79 Å². The minimum absolute atomic E-state index is 0.409. The molecule has 32 heavy (non-hydrogen) atoms. The molecule has 0 aliphatic carbocycles. The highest BCUT2D eigenvalue weighted by atomic mass is 16.5. The Bertz CT molecular complexity index is 1080. The normalized spacial score (nSPS) is 16.4. The highest BCUT2D eigenvalue weighted by molar-refractivity contribution is 6.14. The van der Waals surface area contributed by atoms with Gasteiger partial charge in [-0.1, -0.05) is 24.3 Å². The van der Waals surface area contributed by atoms with Gasteiger partial charge in [-0.15, -0.1) is 0 Å². The molecule has 0 saturated carbocycles. The molecule has 1 aliphatic rings. The molecule has 1 heterocycles. The van der Waals surface area contributed by atoms with Gasteiger partial charge in [-0.05, 0) is 42.3 Å². The Hall–Kier alpha value is -4.14. The second-order valence-corrected chi connectivity index (χ2v) is 7.36. The van der Waals surface area contributed by atoms with Crippen molar-refractivity contribution in [1.82, 2.24) is 15.5 Å². The standard InChI is InChI=1S/C23H23N3O6/c1-14-5-3-7-16(11-14)32-17-8-4-6-15(12-17)18(13-20(28)29)24-23(31)25-21-19(27)9-10-26(2)22(21)30/h3-12,18,21H,13H2,1-2H3,(H,28,29)(H2,24,25,31). The van der Waals surface area contributed by atoms with Crippen LogP contribution in [0.15, 0.2) is 60.8 Å². The Kier molecular flexibility index (Phi) is 6.89. The van der Waals surface area contributed by atoms with Gasteiger partial charge in [-0.3, -0.25) is 14.4 Å². The zero-order valence-corrected chi connectivity index (χ0v) is 17.6. The number of ether oxygens (including phenoxy) is 1. The number of ketones is 1. The quantitative estimate of drug-likeness (QED) is 0.572. The van der Waals surface area contributed by atoms with Gasteiger partial charge in [0.2, 0.25) is 0 Å². The van der Waals surface area contributed by atoms with E-state index in [0.29, 0.717) is 17.1 Å². The zero-order chi connectivity index (χ0) is 23.3. The van der Waals surface area contributed by atoms with E-state index < -0.39 is 42.2 Å². The predicted octanol–water partition coefficient (Wildman–Crippen LogP) is 2.53. The zero-order valence-electron chi connectivity index (χ0n) is 17.6. The van der Waals surface area contributed by atoms with Crippen molar-refractivity contribution < 1.29 is 29.0 Å². The van der Waals surface area contributed by atoms with Crippen molar-refractivity contribution in [2.45, 2.75) is 25.4 Å². The highest BCUT2D eigenvalue weighted by Gasteiger charge is 2.32. The number of amides is 3. The van der Waals surface area contributed by atoms with Crippen LogP contribution in [0, 0.1) is 6.92 Å². The molecule has 0 saturated heterocycles. The number of carboxylic acids is 1. The van der Waals surface area contributed by atoms with E-state index in [1.807, 2.05) is 25.1 Å². The fourth-order valence-corrected chi connectivity index (χ4v) is 3.18. The van der Waals surface area contributed by atoms with Crippen LogP contribution in [0.1, 0.15) is 23.6 Å². The van der Waals surface area contributed by atoms with Crippen LogP contribution in [0.3, 0.4) is 0 Å². The third-order valence-corrected chi connectivity index (χ3v) is 4.79. The maximum absolute atomic E-state index is 12.5. The van der Waals surface area contributed by atoms with Gasteiger partial charge in [-0.2, -0.15) is 0 Å². The molecule has 0 fully saturated rings. The molecular formula is C23H23N3O6. The molecule has 0 spiro atoms. The SMILES string of the molecule is Cc1cccc(Oc2cccc(C(CC(=O)O)NC(=O)NC3C(=O)C=CN(C)C3=O)c2)c1. The molecule has 9 heteroatoms. The van der Waals surface area contributed by atoms with Crippen molar-refractivity contribution in [3.05, 3.63) is 71.9 Å². The summed E-state index contributed by atoms with van der Waals surface area (Å²) in [6.45, 7) is 1.93. The third-order valence-electron chi connectivity index (χ3n) is 4.79. The first-order chi connectivity index (χ1) is 15.2. The fraction of sp³-hybridized carbons (Fsp3) is 0.217. The lowest BCUT2D eigenvalue weighted by Crippen LogP contribution is -2.55. The minimum atomic E-state index is -1.37. The highest BCUT2D eigenvalue weighted by Crippen LogP contribution is 2.26. The van der Waals surface area contributed by atoms with Crippen LogP contribution in [0.5, 0.6) is 11.5 Å². The molecule has 3 N–H and O–H groups in total. The number of carbonyl (C=O) groups excluding carboxylic acids is 3. The molecule has 9 nitrogen and oxygen atoms in total. The number of likely N-dealkylation sites (N-methyl/N-ethyl adjacent to an activating group) is 1. The number of rotatable bonds is 7. The number of nitrogens with one attached hydrogen (secondary N) is 2. The number of urea groups is 1. The van der Waals surface area contributed by atoms with Gasteiger partial charge < -0.3 is 25.4 Å². The second kappa shape index (κ2) is 9.78. The van der Waals surface area contributed by atoms with Gasteiger partial charge >= 0.3 is 12.0 Å². The van der Waals surface area contributed by atoms with Crippen molar-refractivity contribution >= 4 is 23.7 Å². The van der Waals surface area contributed by atoms with Gasteiger partial charge in [0.05, 0.1) is 12.5 Å². The number of carbonyl (C=O) groups is 4. The summed E-state index contributed by atoms with van der Waals surface area (Å²) < 4.78 is 5.84. The maximum atomic E-state index is 12.5. The van der Waals surface area contributed by atoms with Crippen LogP contribution in [0.4, 0.5) is 4.79 Å². The van der Waals surface area contributed by atoms with Gasteiger partial charge in [0.1, 0.15) is 11.5 Å². The summed E-state index contributed by atoms with van der Waals surface area (Å²) >= 11 is 0. The van der Waals surface area contributed by atoms with E-state index in [1.54, 1.807) is 30.3 Å². The van der Waals surface area contributed by atoms with Crippen molar-refractivity contribution in [2.75, 3.05) is 7.05 Å². The first-order valence-corrected chi connectivity index (χ1v) is 9.85. The lowest BCUT2D eigenvalue weighted by Gasteiger charge is -2.25. The van der Waals surface area contributed by atoms with Crippen molar-refractivity contribution in [3.8, 4) is 11.5 Å². The summed E-state index contributed by atoms with van der Waals surface area (Å²) in [6, 6.07) is 11.0. The van der Waals surface area contributed by atoms with Crippen LogP contribution in [0.2, 0.25) is 0 Å². The Morgan fingerprint density at radius 3 is 2.50 bits per heavy atom. The van der Waals surface area contributed by atoms with Crippen molar-refractivity contribution in [3.63, 3.8) is 0 Å². The molecule has 2 unspecified atom stereocenters. The first kappa shape index (κ1) is 22.5. The van der Waals surface area contributed by atoms with E-state index >= 15 is 0 Å². The van der Waals surface area contributed by atoms with Crippen molar-refractivity contribution in [1.29, 1.82) is 0 Å². The summed E-state index contributed by atoms with van der Waals surface area (Å²) in [5, 5.41) is 14.2. The van der Waals surface area contributed by atoms with Gasteiger partial charge in [0, 0.05) is 19.3 Å². The largest absolute Gasteiger partial charge is 0.481 e. The van der Waals surface area contributed by atoms with Crippen LogP contribution >= 0.6 is 0 Å². The van der Waals surface area contributed by atoms with E-state index in [9.17, 15) is 24.3 Å². The van der Waals surface area contributed by atoms with Crippen molar-refractivity contribution in [2.24, 2.45) is 0 Å². The molecule has 1 aliphatic heterocycles. The van der Waals surface area contributed by atoms with Crippen LogP contribution in [-0.2, 0) is 14.4 Å². The number of hydrogen-bond donors (Lipinski definition) is 3. The predicted molar refractivity (Wildman–Crippen MR) is 115 cm³/mol. The van der Waals surface area contributed by atoms with E-state index in [4.69, 9.17) is 4.74 Å². The number of nitrogens with zero attached hydrogens (tertiary/aromatic N) is 1. The van der Waals surface area contributed by atoms with Gasteiger partial charge in [0.25, 0.3) is 5.91 Å². The number of hydrogen-bond acceptors (Lipinski definition) is 5. The van der Waals surface area contributed by atoms with Gasteiger partial charge in [0.15, 0.2) is 11.8 Å². The number of benzene rings is 2. The smallest absolute Gasteiger partial charge is 0.316 e. The number of aliphatic carboxylic acids is 1. The van der Waals surface area contributed by atoms with Crippen LogP contribution in [0.25, 0.3) is 0 Å². The molecule has 2 aromatic rings. The lowest BCUT2D eigenvalue weighted by molar-refractivity contribution is -0.138. The lowest BCUT2D eigenvalue weighted by atomic mass is 10.0. The molecule has 0 bridgehead atoms. The molecule has 2 aromatic carbocycles. The van der Waals surface area contributed by atoms with E-state index in [2.05, 4.69) is 10.6 Å². The number of aryl methyl sites for hydroxylation is 1. The topological polar surface area (TPSA) is 125 Å². The average molecular weight is 437 g/mol. The molecule has 0 radical (unpaired) electrons. The monoisotopic (exact) mass is 437 g/mol. The number of carboxylic acid groups (broad SMARTS) is 1. The summed E-state index contributed by atoms with van der Waals surface area (Å²) in [7, 11) is 1.46. The molecular weight excluding hydrogens is 414 g/mol. The molecule has 2 atom stereocenters. The fourth-order valence-electron chi connectivity index (χ4n) is 3.18. The van der Waals surface area contributed by atoms with E-state index in [-0.39, 0.29) is 0 Å².